The van der Waals surface area contributed by atoms with Crippen molar-refractivity contribution in [2.45, 2.75) is 45.7 Å². The summed E-state index contributed by atoms with van der Waals surface area (Å²) >= 11 is 0. The molecule has 0 saturated carbocycles. The van der Waals surface area contributed by atoms with E-state index in [0.717, 1.165) is 19.6 Å². The summed E-state index contributed by atoms with van der Waals surface area (Å²) in [5.41, 5.74) is 2.84. The van der Waals surface area contributed by atoms with Gasteiger partial charge in [0.1, 0.15) is 0 Å². The van der Waals surface area contributed by atoms with E-state index >= 15 is 0 Å². The van der Waals surface area contributed by atoms with E-state index in [1.165, 1.54) is 30.5 Å². The Morgan fingerprint density at radius 3 is 3.00 bits per heavy atom. The number of nitrogens with one attached hydrogen (secondary N) is 1. The standard InChI is InChI=1S/C15H25N3/c1-4-15(3)12-18(7-5-6-17-15)11-14-8-13(2)9-16-10-14/h8-10,17H,4-7,11-12H2,1-3H3. The fourth-order valence-electron chi connectivity index (χ4n) is 2.66. The molecule has 3 heteroatoms. The summed E-state index contributed by atoms with van der Waals surface area (Å²) in [6.07, 6.45) is 6.32. The molecule has 0 amide bonds. The molecule has 1 aromatic heterocycles. The van der Waals surface area contributed by atoms with Crippen molar-refractivity contribution in [2.75, 3.05) is 19.6 Å². The molecule has 0 spiro atoms. The average molecular weight is 247 g/mol. The summed E-state index contributed by atoms with van der Waals surface area (Å²) in [5.74, 6) is 0. The molecular weight excluding hydrogens is 222 g/mol. The molecule has 1 N–H and O–H groups in total. The van der Waals surface area contributed by atoms with E-state index in [1.54, 1.807) is 0 Å². The number of hydrogen-bond donors (Lipinski definition) is 1. The topological polar surface area (TPSA) is 28.2 Å². The molecule has 0 bridgehead atoms. The van der Waals surface area contributed by atoms with Gasteiger partial charge >= 0.3 is 0 Å². The summed E-state index contributed by atoms with van der Waals surface area (Å²) in [6.45, 7) is 11.2. The van der Waals surface area contributed by atoms with Crippen LogP contribution in [0.4, 0.5) is 0 Å². The Morgan fingerprint density at radius 2 is 2.28 bits per heavy atom. The van der Waals surface area contributed by atoms with Crippen LogP contribution < -0.4 is 5.32 Å². The molecule has 2 rings (SSSR count). The first kappa shape index (κ1) is 13.5. The first-order chi connectivity index (χ1) is 8.61. The number of pyridine rings is 1. The molecule has 1 aliphatic heterocycles. The van der Waals surface area contributed by atoms with Crippen molar-refractivity contribution in [3.8, 4) is 0 Å². The maximum absolute atomic E-state index is 4.29. The summed E-state index contributed by atoms with van der Waals surface area (Å²) in [7, 11) is 0. The fraction of sp³-hybridized carbons (Fsp3) is 0.667. The minimum Gasteiger partial charge on any atom is -0.310 e. The maximum atomic E-state index is 4.29. The zero-order valence-electron chi connectivity index (χ0n) is 11.9. The van der Waals surface area contributed by atoms with E-state index < -0.39 is 0 Å². The van der Waals surface area contributed by atoms with Gasteiger partial charge < -0.3 is 5.32 Å². The lowest BCUT2D eigenvalue weighted by Gasteiger charge is -2.32. The van der Waals surface area contributed by atoms with Gasteiger partial charge in [-0.1, -0.05) is 13.0 Å². The average Bonchev–Trinajstić information content (AvgIpc) is 2.52. The van der Waals surface area contributed by atoms with Crippen molar-refractivity contribution in [1.82, 2.24) is 15.2 Å². The molecule has 3 nitrogen and oxygen atoms in total. The number of rotatable bonds is 3. The van der Waals surface area contributed by atoms with Gasteiger partial charge in [0.05, 0.1) is 0 Å². The molecule has 18 heavy (non-hydrogen) atoms. The van der Waals surface area contributed by atoms with Gasteiger partial charge in [-0.15, -0.1) is 0 Å². The molecule has 1 unspecified atom stereocenters. The predicted octanol–water partition coefficient (Wildman–Crippen LogP) is 2.35. The summed E-state index contributed by atoms with van der Waals surface area (Å²) < 4.78 is 0. The van der Waals surface area contributed by atoms with Crippen LogP contribution in [-0.4, -0.2) is 35.1 Å². The van der Waals surface area contributed by atoms with E-state index in [-0.39, 0.29) is 5.54 Å². The molecular formula is C15H25N3. The van der Waals surface area contributed by atoms with Crippen LogP contribution in [0.3, 0.4) is 0 Å². The van der Waals surface area contributed by atoms with Crippen molar-refractivity contribution in [1.29, 1.82) is 0 Å². The van der Waals surface area contributed by atoms with Crippen LogP contribution in [0.2, 0.25) is 0 Å². The molecule has 0 aliphatic carbocycles. The minimum absolute atomic E-state index is 0.258. The second kappa shape index (κ2) is 5.81. The highest BCUT2D eigenvalue weighted by Crippen LogP contribution is 2.17. The molecule has 0 aromatic carbocycles. The van der Waals surface area contributed by atoms with Crippen molar-refractivity contribution in [3.05, 3.63) is 29.6 Å². The van der Waals surface area contributed by atoms with Gasteiger partial charge in [-0.2, -0.15) is 0 Å². The third-order valence-electron chi connectivity index (χ3n) is 3.89. The highest BCUT2D eigenvalue weighted by atomic mass is 15.2. The number of aryl methyl sites for hydroxylation is 1. The van der Waals surface area contributed by atoms with E-state index in [0.29, 0.717) is 0 Å². The fourth-order valence-corrected chi connectivity index (χ4v) is 2.66. The smallest absolute Gasteiger partial charge is 0.0313 e. The van der Waals surface area contributed by atoms with Crippen molar-refractivity contribution in [2.24, 2.45) is 0 Å². The highest BCUT2D eigenvalue weighted by molar-refractivity contribution is 5.16. The third kappa shape index (κ3) is 3.53. The molecule has 2 heterocycles. The van der Waals surface area contributed by atoms with E-state index in [1.807, 2.05) is 12.4 Å². The Bertz CT molecular complexity index is 391. The normalized spacial score (nSPS) is 25.9. The van der Waals surface area contributed by atoms with Crippen molar-refractivity contribution in [3.63, 3.8) is 0 Å². The van der Waals surface area contributed by atoms with Gasteiger partial charge in [-0.3, -0.25) is 9.88 Å². The summed E-state index contributed by atoms with van der Waals surface area (Å²) in [4.78, 5) is 6.84. The predicted molar refractivity (Wildman–Crippen MR) is 75.6 cm³/mol. The molecule has 1 atom stereocenters. The molecule has 1 fully saturated rings. The van der Waals surface area contributed by atoms with Crippen LogP contribution in [0.1, 0.15) is 37.8 Å². The highest BCUT2D eigenvalue weighted by Gasteiger charge is 2.26. The second-order valence-corrected chi connectivity index (χ2v) is 5.78. The summed E-state index contributed by atoms with van der Waals surface area (Å²) in [5, 5.41) is 3.68. The van der Waals surface area contributed by atoms with Gasteiger partial charge in [0, 0.05) is 31.0 Å². The van der Waals surface area contributed by atoms with Crippen LogP contribution in [0, 0.1) is 6.92 Å². The first-order valence-corrected chi connectivity index (χ1v) is 6.99. The maximum Gasteiger partial charge on any atom is 0.0313 e. The van der Waals surface area contributed by atoms with Crippen LogP contribution >= 0.6 is 0 Å². The van der Waals surface area contributed by atoms with Crippen LogP contribution in [0.5, 0.6) is 0 Å². The zero-order chi connectivity index (χ0) is 13.0. The molecule has 100 valence electrons. The Morgan fingerprint density at radius 1 is 1.44 bits per heavy atom. The van der Waals surface area contributed by atoms with Gasteiger partial charge in [-0.25, -0.2) is 0 Å². The van der Waals surface area contributed by atoms with Gasteiger partial charge in [0.2, 0.25) is 0 Å². The number of aromatic nitrogens is 1. The third-order valence-corrected chi connectivity index (χ3v) is 3.89. The Kier molecular flexibility index (Phi) is 4.36. The Labute approximate surface area is 111 Å². The first-order valence-electron chi connectivity index (χ1n) is 6.99. The Hall–Kier alpha value is -0.930. The molecule has 0 radical (unpaired) electrons. The molecule has 1 saturated heterocycles. The molecule has 1 aromatic rings. The quantitative estimate of drug-likeness (QED) is 0.888. The van der Waals surface area contributed by atoms with Gasteiger partial charge in [0.25, 0.3) is 0 Å². The zero-order valence-corrected chi connectivity index (χ0v) is 11.9. The lowest BCUT2D eigenvalue weighted by Crippen LogP contribution is -2.48. The van der Waals surface area contributed by atoms with Crippen LogP contribution in [0.25, 0.3) is 0 Å². The lowest BCUT2D eigenvalue weighted by molar-refractivity contribution is 0.208. The van der Waals surface area contributed by atoms with Gasteiger partial charge in [0.15, 0.2) is 0 Å². The lowest BCUT2D eigenvalue weighted by atomic mass is 9.98. The largest absolute Gasteiger partial charge is 0.310 e. The van der Waals surface area contributed by atoms with E-state index in [2.05, 4.69) is 42.0 Å². The summed E-state index contributed by atoms with van der Waals surface area (Å²) in [6, 6.07) is 2.24. The number of hydrogen-bond acceptors (Lipinski definition) is 3. The SMILES string of the molecule is CCC1(C)CN(Cc2cncc(C)c2)CCCN1. The minimum atomic E-state index is 0.258. The van der Waals surface area contributed by atoms with Crippen LogP contribution in [-0.2, 0) is 6.54 Å². The monoisotopic (exact) mass is 247 g/mol. The Balaban J connectivity index is 2.03. The second-order valence-electron chi connectivity index (χ2n) is 5.78. The van der Waals surface area contributed by atoms with Crippen molar-refractivity contribution < 1.29 is 0 Å². The molecule has 1 aliphatic rings. The van der Waals surface area contributed by atoms with Gasteiger partial charge in [-0.05, 0) is 50.9 Å². The van der Waals surface area contributed by atoms with Crippen LogP contribution in [0.15, 0.2) is 18.5 Å². The number of nitrogens with zero attached hydrogens (tertiary/aromatic N) is 2. The van der Waals surface area contributed by atoms with Crippen molar-refractivity contribution >= 4 is 0 Å². The van der Waals surface area contributed by atoms with E-state index in [9.17, 15) is 0 Å². The van der Waals surface area contributed by atoms with E-state index in [4.69, 9.17) is 0 Å².